The molecule has 0 bridgehead atoms. The van der Waals surface area contributed by atoms with Crippen molar-refractivity contribution in [2.75, 3.05) is 5.75 Å². The molecule has 0 amide bonds. The first kappa shape index (κ1) is 9.14. The van der Waals surface area contributed by atoms with Crippen molar-refractivity contribution in [1.82, 2.24) is 0 Å². The van der Waals surface area contributed by atoms with Crippen molar-refractivity contribution in [3.8, 4) is 0 Å². The highest BCUT2D eigenvalue weighted by Crippen LogP contribution is 2.32. The molecule has 0 nitrogen and oxygen atoms in total. The smallest absolute Gasteiger partial charge is 0.0107 e. The van der Waals surface area contributed by atoms with E-state index in [-0.39, 0.29) is 0 Å². The fraction of sp³-hybridized carbons (Fsp3) is 0.500. The quantitative estimate of drug-likeness (QED) is 0.651. The Labute approximate surface area is 84.7 Å². The minimum atomic E-state index is 0.660. The van der Waals surface area contributed by atoms with Gasteiger partial charge in [-0.15, -0.1) is 11.8 Å². The van der Waals surface area contributed by atoms with Gasteiger partial charge in [0.2, 0.25) is 0 Å². The molecule has 0 atom stereocenters. The highest BCUT2D eigenvalue weighted by Gasteiger charge is 2.10. The van der Waals surface area contributed by atoms with Gasteiger partial charge in [-0.1, -0.05) is 26.0 Å². The highest BCUT2D eigenvalue weighted by atomic mass is 32.2. The Morgan fingerprint density at radius 2 is 2.15 bits per heavy atom. The van der Waals surface area contributed by atoms with Crippen molar-refractivity contribution in [3.05, 3.63) is 29.3 Å². The average Bonchev–Trinajstić information content (AvgIpc) is 2.17. The van der Waals surface area contributed by atoms with Crippen LogP contribution in [-0.4, -0.2) is 5.75 Å². The van der Waals surface area contributed by atoms with Crippen LogP contribution in [0.3, 0.4) is 0 Å². The molecule has 0 unspecified atom stereocenters. The van der Waals surface area contributed by atoms with Crippen LogP contribution in [0.1, 0.15) is 37.3 Å². The molecule has 0 saturated heterocycles. The molecule has 1 heteroatoms. The van der Waals surface area contributed by atoms with Crippen LogP contribution in [0.15, 0.2) is 23.1 Å². The number of fused-ring (bicyclic) bond motifs is 1. The Bertz CT molecular complexity index is 302. The summed E-state index contributed by atoms with van der Waals surface area (Å²) in [6.45, 7) is 4.52. The zero-order valence-corrected chi connectivity index (χ0v) is 9.16. The Kier molecular flexibility index (Phi) is 2.63. The first-order valence-electron chi connectivity index (χ1n) is 5.03. The average molecular weight is 192 g/mol. The van der Waals surface area contributed by atoms with E-state index in [1.807, 2.05) is 11.8 Å². The zero-order chi connectivity index (χ0) is 9.26. The van der Waals surface area contributed by atoms with E-state index in [2.05, 4.69) is 32.0 Å². The Balaban J connectivity index is 2.35. The van der Waals surface area contributed by atoms with Gasteiger partial charge in [-0.25, -0.2) is 0 Å². The van der Waals surface area contributed by atoms with E-state index in [0.717, 1.165) is 0 Å². The third-order valence-electron chi connectivity index (χ3n) is 2.61. The largest absolute Gasteiger partial charge is 0.126 e. The van der Waals surface area contributed by atoms with Crippen molar-refractivity contribution in [3.63, 3.8) is 0 Å². The summed E-state index contributed by atoms with van der Waals surface area (Å²) in [5, 5.41) is 0. The first-order valence-corrected chi connectivity index (χ1v) is 6.01. The molecule has 0 spiro atoms. The summed E-state index contributed by atoms with van der Waals surface area (Å²) in [6.07, 6.45) is 2.62. The molecule has 70 valence electrons. The third kappa shape index (κ3) is 1.91. The summed E-state index contributed by atoms with van der Waals surface area (Å²) >= 11 is 2.02. The highest BCUT2D eigenvalue weighted by molar-refractivity contribution is 7.99. The standard InChI is InChI=1S/C12H16S/c1-9(2)11-6-5-10-4-3-7-13-12(10)8-11/h5-6,8-9H,3-4,7H2,1-2H3. The van der Waals surface area contributed by atoms with E-state index < -0.39 is 0 Å². The molecule has 1 aliphatic rings. The summed E-state index contributed by atoms with van der Waals surface area (Å²) in [7, 11) is 0. The Morgan fingerprint density at radius 3 is 2.92 bits per heavy atom. The van der Waals surface area contributed by atoms with Gasteiger partial charge in [-0.3, -0.25) is 0 Å². The summed E-state index contributed by atoms with van der Waals surface area (Å²) in [5.74, 6) is 1.96. The zero-order valence-electron chi connectivity index (χ0n) is 8.34. The minimum absolute atomic E-state index is 0.660. The maximum Gasteiger partial charge on any atom is 0.0107 e. The lowest BCUT2D eigenvalue weighted by Crippen LogP contribution is -1.99. The number of rotatable bonds is 1. The van der Waals surface area contributed by atoms with Crippen LogP contribution in [0, 0.1) is 0 Å². The molecule has 0 N–H and O–H groups in total. The van der Waals surface area contributed by atoms with Crippen LogP contribution in [0.25, 0.3) is 0 Å². The molecular formula is C12H16S. The van der Waals surface area contributed by atoms with Crippen molar-refractivity contribution in [1.29, 1.82) is 0 Å². The van der Waals surface area contributed by atoms with Gasteiger partial charge >= 0.3 is 0 Å². The molecule has 0 fully saturated rings. The van der Waals surface area contributed by atoms with Crippen molar-refractivity contribution in [2.45, 2.75) is 37.5 Å². The van der Waals surface area contributed by atoms with E-state index in [1.165, 1.54) is 29.1 Å². The molecule has 1 aliphatic heterocycles. The second kappa shape index (κ2) is 3.75. The third-order valence-corrected chi connectivity index (χ3v) is 3.79. The lowest BCUT2D eigenvalue weighted by Gasteiger charge is -2.17. The van der Waals surface area contributed by atoms with E-state index >= 15 is 0 Å². The summed E-state index contributed by atoms with van der Waals surface area (Å²) in [4.78, 5) is 1.53. The molecule has 1 aromatic rings. The summed E-state index contributed by atoms with van der Waals surface area (Å²) in [5.41, 5.74) is 3.04. The Morgan fingerprint density at radius 1 is 1.31 bits per heavy atom. The van der Waals surface area contributed by atoms with Crippen LogP contribution in [0.5, 0.6) is 0 Å². The van der Waals surface area contributed by atoms with Gasteiger partial charge in [-0.2, -0.15) is 0 Å². The Hall–Kier alpha value is -0.430. The lowest BCUT2D eigenvalue weighted by molar-refractivity contribution is 0.843. The molecule has 13 heavy (non-hydrogen) atoms. The first-order chi connectivity index (χ1) is 6.27. The van der Waals surface area contributed by atoms with Gasteiger partial charge in [0, 0.05) is 4.90 Å². The van der Waals surface area contributed by atoms with Gasteiger partial charge < -0.3 is 0 Å². The van der Waals surface area contributed by atoms with E-state index in [1.54, 1.807) is 5.56 Å². The van der Waals surface area contributed by atoms with E-state index in [4.69, 9.17) is 0 Å². The summed E-state index contributed by atoms with van der Waals surface area (Å²) < 4.78 is 0. The predicted octanol–water partition coefficient (Wildman–Crippen LogP) is 3.85. The number of hydrogen-bond acceptors (Lipinski definition) is 1. The molecular weight excluding hydrogens is 176 g/mol. The van der Waals surface area contributed by atoms with Gasteiger partial charge in [0.05, 0.1) is 0 Å². The fourth-order valence-corrected chi connectivity index (χ4v) is 2.80. The van der Waals surface area contributed by atoms with Crippen molar-refractivity contribution >= 4 is 11.8 Å². The molecule has 1 aromatic carbocycles. The van der Waals surface area contributed by atoms with Gasteiger partial charge in [0.1, 0.15) is 0 Å². The molecule has 0 saturated carbocycles. The van der Waals surface area contributed by atoms with E-state index in [0.29, 0.717) is 5.92 Å². The van der Waals surface area contributed by atoms with Crippen molar-refractivity contribution in [2.24, 2.45) is 0 Å². The molecule has 2 rings (SSSR count). The number of thioether (sulfide) groups is 1. The fourth-order valence-electron chi connectivity index (χ4n) is 1.72. The molecule has 0 radical (unpaired) electrons. The minimum Gasteiger partial charge on any atom is -0.126 e. The monoisotopic (exact) mass is 192 g/mol. The van der Waals surface area contributed by atoms with Gasteiger partial charge in [0.15, 0.2) is 0 Å². The van der Waals surface area contributed by atoms with Crippen LogP contribution < -0.4 is 0 Å². The second-order valence-electron chi connectivity index (χ2n) is 3.97. The van der Waals surface area contributed by atoms with Crippen molar-refractivity contribution < 1.29 is 0 Å². The number of hydrogen-bond donors (Lipinski definition) is 0. The summed E-state index contributed by atoms with van der Waals surface area (Å²) in [6, 6.07) is 6.98. The predicted molar refractivity (Wildman–Crippen MR) is 59.6 cm³/mol. The van der Waals surface area contributed by atoms with Gasteiger partial charge in [-0.05, 0) is 41.7 Å². The van der Waals surface area contributed by atoms with Crippen LogP contribution in [0.4, 0.5) is 0 Å². The van der Waals surface area contributed by atoms with Crippen LogP contribution >= 0.6 is 11.8 Å². The topological polar surface area (TPSA) is 0 Å². The van der Waals surface area contributed by atoms with Crippen LogP contribution in [0.2, 0.25) is 0 Å². The SMILES string of the molecule is CC(C)c1ccc2c(c1)SCCC2. The lowest BCUT2D eigenvalue weighted by atomic mass is 10.00. The maximum absolute atomic E-state index is 2.38. The second-order valence-corrected chi connectivity index (χ2v) is 5.11. The maximum atomic E-state index is 2.38. The normalized spacial score (nSPS) is 15.9. The molecule has 0 aromatic heterocycles. The van der Waals surface area contributed by atoms with E-state index in [9.17, 15) is 0 Å². The van der Waals surface area contributed by atoms with Crippen LogP contribution in [-0.2, 0) is 6.42 Å². The molecule has 0 aliphatic carbocycles. The van der Waals surface area contributed by atoms with Gasteiger partial charge in [0.25, 0.3) is 0 Å². The molecule has 1 heterocycles. The number of aryl methyl sites for hydroxylation is 1. The number of benzene rings is 1.